The summed E-state index contributed by atoms with van der Waals surface area (Å²) in [7, 11) is -3.41. The van der Waals surface area contributed by atoms with Crippen LogP contribution in [0.2, 0.25) is 0 Å². The van der Waals surface area contributed by atoms with Crippen molar-refractivity contribution in [2.45, 2.75) is 31.1 Å². The van der Waals surface area contributed by atoms with Crippen molar-refractivity contribution >= 4 is 15.8 Å². The number of nitrogens with zero attached hydrogens (tertiary/aromatic N) is 2. The minimum atomic E-state index is -3.41. The molecule has 0 bridgehead atoms. The number of rotatable bonds is 4. The number of piperazine rings is 1. The second kappa shape index (κ2) is 6.10. The lowest BCUT2D eigenvalue weighted by Gasteiger charge is -2.33. The van der Waals surface area contributed by atoms with Crippen LogP contribution in [0.25, 0.3) is 0 Å². The first-order valence-corrected chi connectivity index (χ1v) is 9.24. The highest BCUT2D eigenvalue weighted by Crippen LogP contribution is 2.26. The monoisotopic (exact) mass is 322 g/mol. The van der Waals surface area contributed by atoms with Gasteiger partial charge in [-0.3, -0.25) is 9.69 Å². The van der Waals surface area contributed by atoms with Crippen LogP contribution in [-0.2, 0) is 27.7 Å². The molecule has 0 spiro atoms. The highest BCUT2D eigenvalue weighted by Gasteiger charge is 2.29. The molecule has 3 rings (SSSR count). The Hall–Kier alpha value is -1.24. The third-order valence-corrected chi connectivity index (χ3v) is 6.38. The fourth-order valence-corrected chi connectivity index (χ4v) is 4.77. The third-order valence-electron chi connectivity index (χ3n) is 4.49. The number of hydrogen-bond acceptors (Lipinski definition) is 4. The molecule has 5 nitrogen and oxygen atoms in total. The van der Waals surface area contributed by atoms with E-state index in [0.717, 1.165) is 19.3 Å². The molecule has 0 N–H and O–H groups in total. The maximum atomic E-state index is 12.8. The van der Waals surface area contributed by atoms with Crippen molar-refractivity contribution in [3.8, 4) is 0 Å². The van der Waals surface area contributed by atoms with Crippen LogP contribution in [0.15, 0.2) is 23.1 Å². The molecular weight excluding hydrogens is 300 g/mol. The van der Waals surface area contributed by atoms with Crippen LogP contribution in [0.4, 0.5) is 0 Å². The normalized spacial score (nSPS) is 20.0. The molecule has 0 unspecified atom stereocenters. The van der Waals surface area contributed by atoms with Gasteiger partial charge in [0.05, 0.1) is 11.4 Å². The summed E-state index contributed by atoms with van der Waals surface area (Å²) in [5, 5.41) is 0. The highest BCUT2D eigenvalue weighted by molar-refractivity contribution is 7.89. The van der Waals surface area contributed by atoms with Gasteiger partial charge in [0.1, 0.15) is 5.78 Å². The molecule has 120 valence electrons. The zero-order valence-electron chi connectivity index (χ0n) is 12.9. The molecule has 1 heterocycles. The van der Waals surface area contributed by atoms with Gasteiger partial charge in [-0.1, -0.05) is 6.07 Å². The average Bonchev–Trinajstić information content (AvgIpc) is 2.94. The van der Waals surface area contributed by atoms with Crippen molar-refractivity contribution in [2.24, 2.45) is 0 Å². The SMILES string of the molecule is CC(=O)CN1CCN(S(=O)(=O)c2ccc3c(c2)CCC3)CC1. The maximum Gasteiger partial charge on any atom is 0.243 e. The van der Waals surface area contributed by atoms with Gasteiger partial charge in [-0.25, -0.2) is 8.42 Å². The van der Waals surface area contributed by atoms with Gasteiger partial charge >= 0.3 is 0 Å². The van der Waals surface area contributed by atoms with Crippen LogP contribution in [0.3, 0.4) is 0 Å². The molecule has 22 heavy (non-hydrogen) atoms. The van der Waals surface area contributed by atoms with E-state index in [4.69, 9.17) is 0 Å². The second-order valence-corrected chi connectivity index (χ2v) is 8.10. The molecule has 0 radical (unpaired) electrons. The van der Waals surface area contributed by atoms with Gasteiger partial charge in [0, 0.05) is 26.2 Å². The molecule has 1 aliphatic heterocycles. The lowest BCUT2D eigenvalue weighted by atomic mass is 10.1. The van der Waals surface area contributed by atoms with Gasteiger partial charge in [-0.15, -0.1) is 0 Å². The Kier molecular flexibility index (Phi) is 4.34. The van der Waals surface area contributed by atoms with E-state index in [1.807, 2.05) is 17.0 Å². The minimum Gasteiger partial charge on any atom is -0.299 e. The molecule has 0 saturated carbocycles. The molecule has 1 aromatic rings. The van der Waals surface area contributed by atoms with Crippen LogP contribution in [0.1, 0.15) is 24.5 Å². The van der Waals surface area contributed by atoms with E-state index in [0.29, 0.717) is 37.6 Å². The van der Waals surface area contributed by atoms with E-state index in [9.17, 15) is 13.2 Å². The largest absolute Gasteiger partial charge is 0.299 e. The Morgan fingerprint density at radius 2 is 1.77 bits per heavy atom. The molecule has 0 aromatic heterocycles. The van der Waals surface area contributed by atoms with Crippen LogP contribution < -0.4 is 0 Å². The Morgan fingerprint density at radius 3 is 2.45 bits per heavy atom. The fourth-order valence-electron chi connectivity index (χ4n) is 3.30. The molecule has 0 atom stereocenters. The van der Waals surface area contributed by atoms with E-state index >= 15 is 0 Å². The predicted molar refractivity (Wildman–Crippen MR) is 84.3 cm³/mol. The number of hydrogen-bond donors (Lipinski definition) is 0. The van der Waals surface area contributed by atoms with Crippen molar-refractivity contribution in [1.82, 2.24) is 9.21 Å². The summed E-state index contributed by atoms with van der Waals surface area (Å²) >= 11 is 0. The summed E-state index contributed by atoms with van der Waals surface area (Å²) in [6.45, 7) is 4.10. The van der Waals surface area contributed by atoms with Crippen molar-refractivity contribution in [3.63, 3.8) is 0 Å². The number of Topliss-reactive ketones (excluding diaryl/α,β-unsaturated/α-hetero) is 1. The molecule has 1 aliphatic carbocycles. The van der Waals surface area contributed by atoms with Gasteiger partial charge in [0.2, 0.25) is 10.0 Å². The summed E-state index contributed by atoms with van der Waals surface area (Å²) in [5.41, 5.74) is 2.46. The summed E-state index contributed by atoms with van der Waals surface area (Å²) < 4.78 is 27.1. The Morgan fingerprint density at radius 1 is 1.09 bits per heavy atom. The lowest BCUT2D eigenvalue weighted by molar-refractivity contribution is -0.118. The van der Waals surface area contributed by atoms with Crippen LogP contribution >= 0.6 is 0 Å². The first-order valence-electron chi connectivity index (χ1n) is 7.80. The first-order chi connectivity index (χ1) is 10.5. The number of aryl methyl sites for hydroxylation is 2. The topological polar surface area (TPSA) is 57.7 Å². The van der Waals surface area contributed by atoms with Crippen LogP contribution in [0, 0.1) is 0 Å². The predicted octanol–water partition coefficient (Wildman–Crippen LogP) is 1.07. The Labute approximate surface area is 132 Å². The molecule has 6 heteroatoms. The van der Waals surface area contributed by atoms with Crippen molar-refractivity contribution in [1.29, 1.82) is 0 Å². The molecule has 1 aromatic carbocycles. The van der Waals surface area contributed by atoms with E-state index in [2.05, 4.69) is 0 Å². The standard InChI is InChI=1S/C16H22N2O3S/c1-13(19)12-17-7-9-18(10-8-17)22(20,21)16-6-5-14-3-2-4-15(14)11-16/h5-6,11H,2-4,7-10,12H2,1H3. The number of sulfonamides is 1. The summed E-state index contributed by atoms with van der Waals surface area (Å²) in [4.78, 5) is 13.6. The second-order valence-electron chi connectivity index (χ2n) is 6.17. The fraction of sp³-hybridized carbons (Fsp3) is 0.562. The molecule has 0 amide bonds. The van der Waals surface area contributed by atoms with E-state index < -0.39 is 10.0 Å². The van der Waals surface area contributed by atoms with Gasteiger partial charge in [0.15, 0.2) is 0 Å². The van der Waals surface area contributed by atoms with E-state index in [-0.39, 0.29) is 5.78 Å². The van der Waals surface area contributed by atoms with Crippen molar-refractivity contribution < 1.29 is 13.2 Å². The average molecular weight is 322 g/mol. The molecular formula is C16H22N2O3S. The van der Waals surface area contributed by atoms with Crippen LogP contribution in [0.5, 0.6) is 0 Å². The van der Waals surface area contributed by atoms with Crippen LogP contribution in [-0.4, -0.2) is 56.1 Å². The summed E-state index contributed by atoms with van der Waals surface area (Å²) in [6.07, 6.45) is 3.15. The lowest BCUT2D eigenvalue weighted by Crippen LogP contribution is -2.49. The number of carbonyl (C=O) groups is 1. The number of ketones is 1. The first kappa shape index (κ1) is 15.6. The van der Waals surface area contributed by atoms with Gasteiger partial charge in [-0.05, 0) is 49.4 Å². The summed E-state index contributed by atoms with van der Waals surface area (Å²) in [5.74, 6) is 0.120. The number of carbonyl (C=O) groups excluding carboxylic acids is 1. The highest BCUT2D eigenvalue weighted by atomic mass is 32.2. The summed E-state index contributed by atoms with van der Waals surface area (Å²) in [6, 6.07) is 5.54. The molecule has 1 saturated heterocycles. The van der Waals surface area contributed by atoms with Crippen molar-refractivity contribution in [3.05, 3.63) is 29.3 Å². The molecule has 1 fully saturated rings. The Bertz CT molecular complexity index is 677. The van der Waals surface area contributed by atoms with Gasteiger partial charge < -0.3 is 0 Å². The molecule has 2 aliphatic rings. The smallest absolute Gasteiger partial charge is 0.243 e. The Balaban J connectivity index is 1.73. The van der Waals surface area contributed by atoms with Crippen molar-refractivity contribution in [2.75, 3.05) is 32.7 Å². The van der Waals surface area contributed by atoms with E-state index in [1.165, 1.54) is 11.1 Å². The number of fused-ring (bicyclic) bond motifs is 1. The number of benzene rings is 1. The minimum absolute atomic E-state index is 0.120. The van der Waals surface area contributed by atoms with Gasteiger partial charge in [0.25, 0.3) is 0 Å². The quantitative estimate of drug-likeness (QED) is 0.832. The zero-order chi connectivity index (χ0) is 15.7. The zero-order valence-corrected chi connectivity index (χ0v) is 13.7. The maximum absolute atomic E-state index is 12.8. The van der Waals surface area contributed by atoms with E-state index in [1.54, 1.807) is 17.3 Å². The third kappa shape index (κ3) is 3.09. The van der Waals surface area contributed by atoms with Gasteiger partial charge in [-0.2, -0.15) is 4.31 Å².